The van der Waals surface area contributed by atoms with Crippen LogP contribution in [0.2, 0.25) is 0 Å². The summed E-state index contributed by atoms with van der Waals surface area (Å²) in [5.41, 5.74) is 0.387. The van der Waals surface area contributed by atoms with Gasteiger partial charge in [0, 0.05) is 33.4 Å². The molecule has 1 saturated heterocycles. The summed E-state index contributed by atoms with van der Waals surface area (Å²) in [7, 11) is 1.73. The Morgan fingerprint density at radius 2 is 2.36 bits per heavy atom. The summed E-state index contributed by atoms with van der Waals surface area (Å²) in [5.74, 6) is 0. The highest BCUT2D eigenvalue weighted by molar-refractivity contribution is 5.76. The van der Waals surface area contributed by atoms with Crippen molar-refractivity contribution < 1.29 is 9.53 Å². The second-order valence-electron chi connectivity index (χ2n) is 4.40. The van der Waals surface area contributed by atoms with Gasteiger partial charge < -0.3 is 15.0 Å². The van der Waals surface area contributed by atoms with Crippen LogP contribution in [-0.2, 0) is 4.74 Å². The van der Waals surface area contributed by atoms with Gasteiger partial charge in [0.1, 0.15) is 0 Å². The quantitative estimate of drug-likeness (QED) is 0.711. The number of nitrogens with zero attached hydrogens (tertiary/aromatic N) is 1. The molecule has 4 heteroatoms. The van der Waals surface area contributed by atoms with Gasteiger partial charge in [0.15, 0.2) is 0 Å². The minimum absolute atomic E-state index is 0.105. The Morgan fingerprint density at radius 1 is 1.57 bits per heavy atom. The number of amides is 2. The van der Waals surface area contributed by atoms with Crippen LogP contribution in [-0.4, -0.2) is 44.3 Å². The summed E-state index contributed by atoms with van der Waals surface area (Å²) >= 11 is 0. The molecule has 0 aromatic carbocycles. The van der Waals surface area contributed by atoms with Crippen LogP contribution in [0.15, 0.2) is 0 Å². The van der Waals surface area contributed by atoms with Gasteiger partial charge in [0.05, 0.1) is 0 Å². The van der Waals surface area contributed by atoms with E-state index in [0.29, 0.717) is 5.41 Å². The molecule has 80 valence electrons. The van der Waals surface area contributed by atoms with Crippen molar-refractivity contribution in [3.8, 4) is 0 Å². The summed E-state index contributed by atoms with van der Waals surface area (Å²) < 4.78 is 5.09. The van der Waals surface area contributed by atoms with E-state index in [-0.39, 0.29) is 6.03 Å². The maximum Gasteiger partial charge on any atom is 0.317 e. The zero-order chi connectivity index (χ0) is 10.0. The third-order valence-corrected chi connectivity index (χ3v) is 3.27. The molecule has 1 aliphatic carbocycles. The van der Waals surface area contributed by atoms with Crippen molar-refractivity contribution in [3.63, 3.8) is 0 Å². The monoisotopic (exact) mass is 198 g/mol. The highest BCUT2D eigenvalue weighted by atomic mass is 16.5. The first-order valence-electron chi connectivity index (χ1n) is 5.27. The van der Waals surface area contributed by atoms with Crippen molar-refractivity contribution in [2.75, 3.05) is 33.4 Å². The molecule has 1 saturated carbocycles. The molecule has 0 radical (unpaired) electrons. The van der Waals surface area contributed by atoms with Gasteiger partial charge in [0.25, 0.3) is 0 Å². The van der Waals surface area contributed by atoms with E-state index in [0.717, 1.165) is 32.7 Å². The van der Waals surface area contributed by atoms with E-state index >= 15 is 0 Å². The molecule has 0 bridgehead atoms. The van der Waals surface area contributed by atoms with Crippen molar-refractivity contribution in [1.29, 1.82) is 0 Å². The second-order valence-corrected chi connectivity index (χ2v) is 4.40. The molecule has 2 rings (SSSR count). The summed E-state index contributed by atoms with van der Waals surface area (Å²) in [6, 6.07) is 0.105. The summed E-state index contributed by atoms with van der Waals surface area (Å²) in [5, 5.41) is 2.83. The zero-order valence-electron chi connectivity index (χ0n) is 8.71. The molecule has 1 N–H and O–H groups in total. The Balaban J connectivity index is 1.81. The minimum Gasteiger partial charge on any atom is -0.385 e. The predicted octanol–water partition coefficient (Wildman–Crippen LogP) is 0.828. The lowest BCUT2D eigenvalue weighted by Crippen LogP contribution is -2.34. The second kappa shape index (κ2) is 3.77. The Labute approximate surface area is 84.6 Å². The van der Waals surface area contributed by atoms with Crippen LogP contribution >= 0.6 is 0 Å². The number of nitrogens with one attached hydrogen (secondary N) is 1. The van der Waals surface area contributed by atoms with Gasteiger partial charge in [0.2, 0.25) is 0 Å². The fourth-order valence-corrected chi connectivity index (χ4v) is 2.05. The van der Waals surface area contributed by atoms with E-state index in [1.54, 1.807) is 7.11 Å². The highest BCUT2D eigenvalue weighted by Gasteiger charge is 2.44. The first-order valence-corrected chi connectivity index (χ1v) is 5.27. The van der Waals surface area contributed by atoms with Gasteiger partial charge in [-0.25, -0.2) is 4.79 Å². The van der Waals surface area contributed by atoms with E-state index in [1.165, 1.54) is 12.8 Å². The van der Waals surface area contributed by atoms with Crippen molar-refractivity contribution in [1.82, 2.24) is 10.2 Å². The normalized spacial score (nSPS) is 23.8. The van der Waals surface area contributed by atoms with E-state index in [9.17, 15) is 4.79 Å². The Kier molecular flexibility index (Phi) is 2.63. The van der Waals surface area contributed by atoms with Gasteiger partial charge in [-0.2, -0.15) is 0 Å². The Morgan fingerprint density at radius 3 is 2.86 bits per heavy atom. The molecule has 2 aliphatic rings. The smallest absolute Gasteiger partial charge is 0.317 e. The number of urea groups is 1. The number of methoxy groups -OCH3 is 1. The van der Waals surface area contributed by atoms with Crippen molar-refractivity contribution in [2.24, 2.45) is 5.41 Å². The Hall–Kier alpha value is -0.770. The lowest BCUT2D eigenvalue weighted by molar-refractivity contribution is 0.156. The minimum atomic E-state index is 0.105. The summed E-state index contributed by atoms with van der Waals surface area (Å²) in [6.07, 6.45) is 3.59. The van der Waals surface area contributed by atoms with Crippen LogP contribution in [0.5, 0.6) is 0 Å². The lowest BCUT2D eigenvalue weighted by atomic mass is 10.0. The topological polar surface area (TPSA) is 41.6 Å². The molecule has 0 spiro atoms. The fraction of sp³-hybridized carbons (Fsp3) is 0.900. The maximum atomic E-state index is 11.3. The largest absolute Gasteiger partial charge is 0.385 e. The molecular weight excluding hydrogens is 180 g/mol. The van der Waals surface area contributed by atoms with Crippen LogP contribution in [0.3, 0.4) is 0 Å². The molecular formula is C10H18N2O2. The molecule has 14 heavy (non-hydrogen) atoms. The SMILES string of the molecule is COCCC1(CN2CCNC2=O)CC1. The molecule has 0 atom stereocenters. The molecule has 1 aliphatic heterocycles. The van der Waals surface area contributed by atoms with Gasteiger partial charge in [-0.05, 0) is 24.7 Å². The molecule has 0 aromatic rings. The number of rotatable bonds is 5. The summed E-state index contributed by atoms with van der Waals surface area (Å²) in [4.78, 5) is 13.3. The van der Waals surface area contributed by atoms with Crippen LogP contribution in [0.25, 0.3) is 0 Å². The first-order chi connectivity index (χ1) is 6.76. The van der Waals surface area contributed by atoms with E-state index in [1.807, 2.05) is 4.90 Å². The number of ether oxygens (including phenoxy) is 1. The number of hydrogen-bond donors (Lipinski definition) is 1. The van der Waals surface area contributed by atoms with Gasteiger partial charge in [-0.3, -0.25) is 0 Å². The number of hydrogen-bond acceptors (Lipinski definition) is 2. The molecule has 0 unspecified atom stereocenters. The van der Waals surface area contributed by atoms with Crippen molar-refractivity contribution in [2.45, 2.75) is 19.3 Å². The predicted molar refractivity (Wildman–Crippen MR) is 53.1 cm³/mol. The molecule has 0 aromatic heterocycles. The van der Waals surface area contributed by atoms with Gasteiger partial charge >= 0.3 is 6.03 Å². The fourth-order valence-electron chi connectivity index (χ4n) is 2.05. The third kappa shape index (κ3) is 2.00. The average Bonchev–Trinajstić information content (AvgIpc) is 2.83. The van der Waals surface area contributed by atoms with Gasteiger partial charge in [-0.1, -0.05) is 0 Å². The average molecular weight is 198 g/mol. The van der Waals surface area contributed by atoms with Crippen molar-refractivity contribution >= 4 is 6.03 Å². The molecule has 2 fully saturated rings. The summed E-state index contributed by atoms with van der Waals surface area (Å²) in [6.45, 7) is 3.41. The van der Waals surface area contributed by atoms with Gasteiger partial charge in [-0.15, -0.1) is 0 Å². The van der Waals surface area contributed by atoms with E-state index < -0.39 is 0 Å². The van der Waals surface area contributed by atoms with Crippen LogP contribution in [0.1, 0.15) is 19.3 Å². The molecule has 4 nitrogen and oxygen atoms in total. The maximum absolute atomic E-state index is 11.3. The molecule has 1 heterocycles. The Bertz CT molecular complexity index is 226. The third-order valence-electron chi connectivity index (χ3n) is 3.27. The number of carbonyl (C=O) groups excluding carboxylic acids is 1. The molecule has 2 amide bonds. The highest BCUT2D eigenvalue weighted by Crippen LogP contribution is 2.49. The standard InChI is InChI=1S/C10H18N2O2/c1-14-7-4-10(2-3-10)8-12-6-5-11-9(12)13/h2-8H2,1H3,(H,11,13). The zero-order valence-corrected chi connectivity index (χ0v) is 8.71. The van der Waals surface area contributed by atoms with E-state index in [4.69, 9.17) is 4.74 Å². The van der Waals surface area contributed by atoms with Crippen LogP contribution < -0.4 is 5.32 Å². The lowest BCUT2D eigenvalue weighted by Gasteiger charge is -2.21. The van der Waals surface area contributed by atoms with Crippen molar-refractivity contribution in [3.05, 3.63) is 0 Å². The first kappa shape index (κ1) is 9.77. The number of carbonyl (C=O) groups is 1. The van der Waals surface area contributed by atoms with Crippen LogP contribution in [0, 0.1) is 5.41 Å². The van der Waals surface area contributed by atoms with Crippen LogP contribution in [0.4, 0.5) is 4.79 Å². The van der Waals surface area contributed by atoms with E-state index in [2.05, 4.69) is 5.32 Å².